The molecule has 4 rings (SSSR count). The van der Waals surface area contributed by atoms with Crippen molar-refractivity contribution in [1.82, 2.24) is 4.90 Å². The quantitative estimate of drug-likeness (QED) is 0.653. The summed E-state index contributed by atoms with van der Waals surface area (Å²) in [6, 6.07) is 18.4. The van der Waals surface area contributed by atoms with E-state index >= 15 is 0 Å². The van der Waals surface area contributed by atoms with Crippen LogP contribution < -0.4 is 10.5 Å². The fourth-order valence-electron chi connectivity index (χ4n) is 3.73. The molecule has 0 fully saturated rings. The number of benzene rings is 3. The van der Waals surface area contributed by atoms with E-state index in [0.29, 0.717) is 21.9 Å². The summed E-state index contributed by atoms with van der Waals surface area (Å²) in [4.78, 5) is 27.6. The molecule has 1 aliphatic heterocycles. The van der Waals surface area contributed by atoms with Gasteiger partial charge in [0.05, 0.1) is 11.6 Å². The first kappa shape index (κ1) is 19.8. The van der Waals surface area contributed by atoms with Crippen LogP contribution in [-0.4, -0.2) is 28.4 Å². The molecule has 0 aromatic heterocycles. The van der Waals surface area contributed by atoms with Crippen molar-refractivity contribution in [2.45, 2.75) is 12.1 Å². The first-order chi connectivity index (χ1) is 14.5. The Morgan fingerprint density at radius 2 is 1.77 bits per heavy atom. The van der Waals surface area contributed by atoms with E-state index in [4.69, 9.17) is 22.1 Å². The summed E-state index contributed by atoms with van der Waals surface area (Å²) in [5, 5.41) is 10.8. The molecule has 6 nitrogen and oxygen atoms in total. The van der Waals surface area contributed by atoms with Crippen LogP contribution >= 0.6 is 11.6 Å². The molecule has 2 atom stereocenters. The molecule has 152 valence electrons. The van der Waals surface area contributed by atoms with Gasteiger partial charge in [0.15, 0.2) is 0 Å². The number of phenols is 1. The van der Waals surface area contributed by atoms with E-state index in [9.17, 15) is 14.7 Å². The number of hydrogen-bond acceptors (Lipinski definition) is 4. The number of carbonyl (C=O) groups is 2. The third-order valence-corrected chi connectivity index (χ3v) is 5.33. The predicted octanol–water partition coefficient (Wildman–Crippen LogP) is 3.85. The summed E-state index contributed by atoms with van der Waals surface area (Å²) in [5.74, 6) is -0.840. The van der Waals surface area contributed by atoms with Gasteiger partial charge >= 0.3 is 0 Å². The lowest BCUT2D eigenvalue weighted by Crippen LogP contribution is -2.44. The van der Waals surface area contributed by atoms with E-state index in [1.165, 1.54) is 17.0 Å². The van der Waals surface area contributed by atoms with Crippen LogP contribution in [0.5, 0.6) is 11.5 Å². The molecule has 3 aromatic carbocycles. The van der Waals surface area contributed by atoms with Gasteiger partial charge in [-0.15, -0.1) is 0 Å². The van der Waals surface area contributed by atoms with Crippen LogP contribution in [0.3, 0.4) is 0 Å². The zero-order valence-electron chi connectivity index (χ0n) is 15.9. The Bertz CT molecular complexity index is 1100. The monoisotopic (exact) mass is 422 g/mol. The number of carbonyl (C=O) groups excluding carboxylic acids is 2. The molecule has 0 aliphatic carbocycles. The number of primary amides is 1. The zero-order chi connectivity index (χ0) is 21.3. The molecule has 30 heavy (non-hydrogen) atoms. The van der Waals surface area contributed by atoms with Crippen molar-refractivity contribution in [2.75, 3.05) is 6.61 Å². The SMILES string of the molecule is NC(=O)C(c1ccccc1)N(C(=O)c1ccccc1O)[C@@H]1COc2ccc(Cl)cc21. The van der Waals surface area contributed by atoms with Crippen molar-refractivity contribution < 1.29 is 19.4 Å². The Balaban J connectivity index is 1.88. The van der Waals surface area contributed by atoms with E-state index in [1.54, 1.807) is 54.6 Å². The van der Waals surface area contributed by atoms with Gasteiger partial charge < -0.3 is 20.5 Å². The molecule has 2 amide bonds. The third-order valence-electron chi connectivity index (χ3n) is 5.10. The highest BCUT2D eigenvalue weighted by atomic mass is 35.5. The highest BCUT2D eigenvalue weighted by Gasteiger charge is 2.41. The minimum Gasteiger partial charge on any atom is -0.507 e. The van der Waals surface area contributed by atoms with Crippen LogP contribution in [0.25, 0.3) is 0 Å². The summed E-state index contributed by atoms with van der Waals surface area (Å²) < 4.78 is 5.76. The highest BCUT2D eigenvalue weighted by Crippen LogP contribution is 2.42. The van der Waals surface area contributed by atoms with Gasteiger partial charge in [-0.25, -0.2) is 0 Å². The topological polar surface area (TPSA) is 92.9 Å². The lowest BCUT2D eigenvalue weighted by atomic mass is 9.98. The van der Waals surface area contributed by atoms with Crippen molar-refractivity contribution in [2.24, 2.45) is 5.73 Å². The van der Waals surface area contributed by atoms with Crippen molar-refractivity contribution in [3.63, 3.8) is 0 Å². The molecule has 3 N–H and O–H groups in total. The average Bonchev–Trinajstić information content (AvgIpc) is 3.14. The average molecular weight is 423 g/mol. The summed E-state index contributed by atoms with van der Waals surface area (Å²) >= 11 is 6.18. The number of halogens is 1. The van der Waals surface area contributed by atoms with Crippen molar-refractivity contribution in [3.8, 4) is 11.5 Å². The smallest absolute Gasteiger partial charge is 0.259 e. The van der Waals surface area contributed by atoms with E-state index in [1.807, 2.05) is 6.07 Å². The maximum absolute atomic E-state index is 13.6. The molecule has 0 spiro atoms. The number of nitrogens with two attached hydrogens (primary N) is 1. The van der Waals surface area contributed by atoms with Gasteiger partial charge in [0, 0.05) is 10.6 Å². The lowest BCUT2D eigenvalue weighted by molar-refractivity contribution is -0.123. The van der Waals surface area contributed by atoms with Crippen molar-refractivity contribution in [3.05, 3.63) is 94.5 Å². The predicted molar refractivity (Wildman–Crippen MR) is 112 cm³/mol. The van der Waals surface area contributed by atoms with E-state index in [-0.39, 0.29) is 17.9 Å². The Hall–Kier alpha value is -3.51. The highest BCUT2D eigenvalue weighted by molar-refractivity contribution is 6.30. The zero-order valence-corrected chi connectivity index (χ0v) is 16.6. The molecule has 1 aliphatic rings. The van der Waals surface area contributed by atoms with Gasteiger partial charge in [-0.05, 0) is 35.9 Å². The van der Waals surface area contributed by atoms with Gasteiger partial charge in [0.2, 0.25) is 5.91 Å². The largest absolute Gasteiger partial charge is 0.507 e. The van der Waals surface area contributed by atoms with Crippen molar-refractivity contribution >= 4 is 23.4 Å². The number of hydrogen-bond donors (Lipinski definition) is 2. The molecule has 1 unspecified atom stereocenters. The van der Waals surface area contributed by atoms with Crippen LogP contribution in [0.1, 0.15) is 33.6 Å². The Morgan fingerprint density at radius 3 is 2.47 bits per heavy atom. The molecule has 0 saturated carbocycles. The number of aromatic hydroxyl groups is 1. The number of ether oxygens (including phenoxy) is 1. The molecule has 3 aromatic rings. The lowest BCUT2D eigenvalue weighted by Gasteiger charge is -2.34. The maximum atomic E-state index is 13.6. The second-order valence-corrected chi connectivity index (χ2v) is 7.39. The summed E-state index contributed by atoms with van der Waals surface area (Å²) in [5.41, 5.74) is 7.08. The minimum absolute atomic E-state index is 0.0650. The van der Waals surface area contributed by atoms with E-state index < -0.39 is 23.9 Å². The maximum Gasteiger partial charge on any atom is 0.259 e. The fourth-order valence-corrected chi connectivity index (χ4v) is 3.91. The first-order valence-electron chi connectivity index (χ1n) is 9.34. The number of para-hydroxylation sites is 1. The van der Waals surface area contributed by atoms with E-state index in [0.717, 1.165) is 0 Å². The summed E-state index contributed by atoms with van der Waals surface area (Å²) in [6.07, 6.45) is 0. The molecule has 0 bridgehead atoms. The standard InChI is InChI=1S/C23H19ClN2O4/c24-15-10-11-20-17(12-15)18(13-30-20)26(23(29)16-8-4-5-9-19(16)27)21(22(25)28)14-6-2-1-3-7-14/h1-12,18,21,27H,13H2,(H2,25,28)/t18-,21?/m1/s1. The van der Waals surface area contributed by atoms with Gasteiger partial charge in [0.25, 0.3) is 5.91 Å². The van der Waals surface area contributed by atoms with Crippen LogP contribution in [0.15, 0.2) is 72.8 Å². The van der Waals surface area contributed by atoms with Crippen LogP contribution in [0.4, 0.5) is 0 Å². The van der Waals surface area contributed by atoms with Crippen LogP contribution in [-0.2, 0) is 4.79 Å². The van der Waals surface area contributed by atoms with Gasteiger partial charge in [-0.2, -0.15) is 0 Å². The number of fused-ring (bicyclic) bond motifs is 1. The molecular formula is C23H19ClN2O4. The minimum atomic E-state index is -1.07. The molecule has 0 radical (unpaired) electrons. The number of phenolic OH excluding ortho intramolecular Hbond substituents is 1. The number of nitrogens with zero attached hydrogens (tertiary/aromatic N) is 1. The van der Waals surface area contributed by atoms with Crippen molar-refractivity contribution in [1.29, 1.82) is 0 Å². The normalized spacial score (nSPS) is 15.7. The third kappa shape index (κ3) is 3.57. The first-order valence-corrected chi connectivity index (χ1v) is 9.72. The second-order valence-electron chi connectivity index (χ2n) is 6.95. The number of rotatable bonds is 5. The number of amides is 2. The Kier molecular flexibility index (Phi) is 5.33. The van der Waals surface area contributed by atoms with Gasteiger partial charge in [0.1, 0.15) is 24.1 Å². The molecule has 0 saturated heterocycles. The Labute approximate surface area is 178 Å². The van der Waals surface area contributed by atoms with E-state index in [2.05, 4.69) is 0 Å². The second kappa shape index (κ2) is 8.08. The fraction of sp³-hybridized carbons (Fsp3) is 0.130. The van der Waals surface area contributed by atoms with Gasteiger partial charge in [-0.3, -0.25) is 9.59 Å². The molecule has 7 heteroatoms. The molecular weight excluding hydrogens is 404 g/mol. The van der Waals surface area contributed by atoms with Crippen LogP contribution in [0, 0.1) is 0 Å². The van der Waals surface area contributed by atoms with Crippen LogP contribution in [0.2, 0.25) is 5.02 Å². The molecule has 1 heterocycles. The Morgan fingerprint density at radius 1 is 1.07 bits per heavy atom. The van der Waals surface area contributed by atoms with Gasteiger partial charge in [-0.1, -0.05) is 54.1 Å². The summed E-state index contributed by atoms with van der Waals surface area (Å²) in [7, 11) is 0. The summed E-state index contributed by atoms with van der Waals surface area (Å²) in [6.45, 7) is 0.131.